The van der Waals surface area contributed by atoms with Crippen LogP contribution in [0.5, 0.6) is 0 Å². The SMILES string of the molecule is O=C1NC(=O)c2cc(-c3cccc(COCC(O)c4cccc(Cl)c4Cl)c3)ccc21. The van der Waals surface area contributed by atoms with Gasteiger partial charge in [-0.2, -0.15) is 0 Å². The molecule has 1 atom stereocenters. The second-order valence-corrected chi connectivity index (χ2v) is 7.70. The Balaban J connectivity index is 1.44. The van der Waals surface area contributed by atoms with Gasteiger partial charge in [-0.3, -0.25) is 14.9 Å². The lowest BCUT2D eigenvalue weighted by Crippen LogP contribution is -2.19. The van der Waals surface area contributed by atoms with Crippen LogP contribution in [0.15, 0.2) is 60.7 Å². The number of hydrogen-bond donors (Lipinski definition) is 2. The molecular formula is C23H17Cl2NO4. The predicted molar refractivity (Wildman–Crippen MR) is 115 cm³/mol. The number of halogens is 2. The van der Waals surface area contributed by atoms with Gasteiger partial charge >= 0.3 is 0 Å². The van der Waals surface area contributed by atoms with Crippen LogP contribution in [0, 0.1) is 0 Å². The van der Waals surface area contributed by atoms with Crippen LogP contribution >= 0.6 is 23.2 Å². The third-order valence-electron chi connectivity index (χ3n) is 4.88. The van der Waals surface area contributed by atoms with E-state index in [1.165, 1.54) is 0 Å². The van der Waals surface area contributed by atoms with E-state index in [1.54, 1.807) is 30.3 Å². The molecule has 0 aromatic heterocycles. The number of aliphatic hydroxyl groups is 1. The van der Waals surface area contributed by atoms with Crippen molar-refractivity contribution >= 4 is 35.0 Å². The Hall–Kier alpha value is -2.70. The van der Waals surface area contributed by atoms with Gasteiger partial charge in [0.1, 0.15) is 6.10 Å². The highest BCUT2D eigenvalue weighted by molar-refractivity contribution is 6.42. The number of fused-ring (bicyclic) bond motifs is 1. The average molecular weight is 442 g/mol. The number of nitrogens with one attached hydrogen (secondary N) is 1. The first-order chi connectivity index (χ1) is 14.4. The van der Waals surface area contributed by atoms with Gasteiger partial charge in [0.15, 0.2) is 0 Å². The maximum atomic E-state index is 11.9. The van der Waals surface area contributed by atoms with Crippen molar-refractivity contribution in [2.24, 2.45) is 0 Å². The minimum Gasteiger partial charge on any atom is -0.386 e. The summed E-state index contributed by atoms with van der Waals surface area (Å²) in [5.74, 6) is -0.757. The molecule has 5 nitrogen and oxygen atoms in total. The molecule has 1 aliphatic rings. The quantitative estimate of drug-likeness (QED) is 0.538. The first kappa shape index (κ1) is 20.6. The Kier molecular flexibility index (Phi) is 5.88. The van der Waals surface area contributed by atoms with Crippen molar-refractivity contribution in [3.8, 4) is 11.1 Å². The highest BCUT2D eigenvalue weighted by atomic mass is 35.5. The van der Waals surface area contributed by atoms with Crippen molar-refractivity contribution in [3.05, 3.63) is 93.0 Å². The lowest BCUT2D eigenvalue weighted by molar-refractivity contribution is 0.0278. The summed E-state index contributed by atoms with van der Waals surface area (Å²) in [5, 5.41) is 13.3. The molecule has 0 saturated heterocycles. The zero-order chi connectivity index (χ0) is 21.3. The number of imide groups is 1. The molecule has 1 aliphatic heterocycles. The Labute approximate surface area is 183 Å². The molecule has 0 spiro atoms. The predicted octanol–water partition coefficient (Wildman–Crippen LogP) is 4.79. The van der Waals surface area contributed by atoms with E-state index in [-0.39, 0.29) is 25.0 Å². The van der Waals surface area contributed by atoms with Crippen LogP contribution < -0.4 is 5.32 Å². The molecule has 0 saturated carbocycles. The van der Waals surface area contributed by atoms with E-state index in [2.05, 4.69) is 5.32 Å². The summed E-state index contributed by atoms with van der Waals surface area (Å²) in [6, 6.07) is 17.9. The monoisotopic (exact) mass is 441 g/mol. The molecule has 0 aliphatic carbocycles. The summed E-state index contributed by atoms with van der Waals surface area (Å²) in [7, 11) is 0. The van der Waals surface area contributed by atoms with Gasteiger partial charge in [-0.25, -0.2) is 0 Å². The first-order valence-corrected chi connectivity index (χ1v) is 9.98. The van der Waals surface area contributed by atoms with Gasteiger partial charge in [0.25, 0.3) is 11.8 Å². The summed E-state index contributed by atoms with van der Waals surface area (Å²) in [5.41, 5.74) is 3.90. The average Bonchev–Trinajstić information content (AvgIpc) is 3.03. The van der Waals surface area contributed by atoms with Crippen molar-refractivity contribution in [2.75, 3.05) is 6.61 Å². The van der Waals surface area contributed by atoms with Crippen LogP contribution in [0.3, 0.4) is 0 Å². The highest BCUT2D eigenvalue weighted by Gasteiger charge is 2.26. The zero-order valence-electron chi connectivity index (χ0n) is 15.7. The van der Waals surface area contributed by atoms with Crippen LogP contribution in [0.25, 0.3) is 11.1 Å². The molecular weight excluding hydrogens is 425 g/mol. The fraction of sp³-hybridized carbons (Fsp3) is 0.130. The standard InChI is InChI=1S/C23H17Cl2NO4/c24-19-6-2-5-17(21(19)25)20(27)12-30-11-13-3-1-4-14(9-13)15-7-8-16-18(10-15)23(29)26-22(16)28/h1-10,20,27H,11-12H2,(H,26,28,29). The van der Waals surface area contributed by atoms with Gasteiger partial charge in [-0.15, -0.1) is 0 Å². The third kappa shape index (κ3) is 4.11. The van der Waals surface area contributed by atoms with Gasteiger partial charge in [0.05, 0.1) is 34.4 Å². The van der Waals surface area contributed by atoms with Gasteiger partial charge in [-0.1, -0.05) is 59.6 Å². The lowest BCUT2D eigenvalue weighted by atomic mass is 9.99. The molecule has 0 radical (unpaired) electrons. The molecule has 1 unspecified atom stereocenters. The molecule has 3 aromatic carbocycles. The van der Waals surface area contributed by atoms with Crippen LogP contribution in [0.1, 0.15) is 37.9 Å². The number of ether oxygens (including phenoxy) is 1. The molecule has 0 bridgehead atoms. The summed E-state index contributed by atoms with van der Waals surface area (Å²) in [6.07, 6.45) is -0.896. The molecule has 1 heterocycles. The van der Waals surface area contributed by atoms with E-state index in [1.807, 2.05) is 30.3 Å². The van der Waals surface area contributed by atoms with E-state index in [0.29, 0.717) is 26.7 Å². The third-order valence-corrected chi connectivity index (χ3v) is 5.71. The number of amides is 2. The first-order valence-electron chi connectivity index (χ1n) is 9.23. The lowest BCUT2D eigenvalue weighted by Gasteiger charge is -2.14. The molecule has 7 heteroatoms. The maximum absolute atomic E-state index is 11.9. The fourth-order valence-electron chi connectivity index (χ4n) is 3.34. The smallest absolute Gasteiger partial charge is 0.258 e. The van der Waals surface area contributed by atoms with Crippen LogP contribution in [-0.2, 0) is 11.3 Å². The number of hydrogen-bond acceptors (Lipinski definition) is 4. The zero-order valence-corrected chi connectivity index (χ0v) is 17.2. The molecule has 0 fully saturated rings. The maximum Gasteiger partial charge on any atom is 0.258 e. The van der Waals surface area contributed by atoms with E-state index in [0.717, 1.165) is 16.7 Å². The van der Waals surface area contributed by atoms with Gasteiger partial charge in [0, 0.05) is 5.56 Å². The molecule has 2 N–H and O–H groups in total. The number of carbonyl (C=O) groups excluding carboxylic acids is 2. The van der Waals surface area contributed by atoms with Crippen molar-refractivity contribution in [3.63, 3.8) is 0 Å². The van der Waals surface area contributed by atoms with Gasteiger partial charge in [0.2, 0.25) is 0 Å². The number of carbonyl (C=O) groups is 2. The van der Waals surface area contributed by atoms with Crippen LogP contribution in [0.2, 0.25) is 10.0 Å². The molecule has 152 valence electrons. The highest BCUT2D eigenvalue weighted by Crippen LogP contribution is 2.30. The number of aliphatic hydroxyl groups excluding tert-OH is 1. The number of rotatable bonds is 6. The normalized spacial score (nSPS) is 13.8. The largest absolute Gasteiger partial charge is 0.386 e. The molecule has 30 heavy (non-hydrogen) atoms. The topological polar surface area (TPSA) is 75.6 Å². The Morgan fingerprint density at radius 1 is 0.900 bits per heavy atom. The second kappa shape index (κ2) is 8.58. The van der Waals surface area contributed by atoms with Gasteiger partial charge < -0.3 is 9.84 Å². The summed E-state index contributed by atoms with van der Waals surface area (Å²) in [6.45, 7) is 0.346. The van der Waals surface area contributed by atoms with Crippen LogP contribution in [0.4, 0.5) is 0 Å². The van der Waals surface area contributed by atoms with Gasteiger partial charge in [-0.05, 0) is 41.0 Å². The molecule has 2 amide bonds. The summed E-state index contributed by atoms with van der Waals surface area (Å²) < 4.78 is 5.67. The van der Waals surface area contributed by atoms with Crippen molar-refractivity contribution in [1.82, 2.24) is 5.32 Å². The van der Waals surface area contributed by atoms with Crippen LogP contribution in [-0.4, -0.2) is 23.5 Å². The second-order valence-electron chi connectivity index (χ2n) is 6.92. The fourth-order valence-corrected chi connectivity index (χ4v) is 3.78. The molecule has 3 aromatic rings. The minimum absolute atomic E-state index is 0.0609. The Morgan fingerprint density at radius 2 is 1.63 bits per heavy atom. The Morgan fingerprint density at radius 3 is 2.47 bits per heavy atom. The Bertz CT molecular complexity index is 1150. The summed E-state index contributed by atoms with van der Waals surface area (Å²) in [4.78, 5) is 23.6. The molecule has 4 rings (SSSR count). The summed E-state index contributed by atoms with van der Waals surface area (Å²) >= 11 is 12.1. The van der Waals surface area contributed by atoms with Crippen molar-refractivity contribution in [2.45, 2.75) is 12.7 Å². The van der Waals surface area contributed by atoms with Crippen molar-refractivity contribution < 1.29 is 19.4 Å². The van der Waals surface area contributed by atoms with Crippen molar-refractivity contribution in [1.29, 1.82) is 0 Å². The minimum atomic E-state index is -0.896. The van der Waals surface area contributed by atoms with E-state index in [9.17, 15) is 14.7 Å². The number of benzene rings is 3. The van der Waals surface area contributed by atoms with E-state index >= 15 is 0 Å². The van der Waals surface area contributed by atoms with E-state index < -0.39 is 6.10 Å². The van der Waals surface area contributed by atoms with E-state index in [4.69, 9.17) is 27.9 Å².